The normalized spacial score (nSPS) is 12.4. The summed E-state index contributed by atoms with van der Waals surface area (Å²) in [6, 6.07) is 0. The lowest BCUT2D eigenvalue weighted by molar-refractivity contribution is 0.523. The number of hydrogen-bond donors (Lipinski definition) is 0. The number of hydrogen-bond acceptors (Lipinski definition) is 0. The van der Waals surface area contributed by atoms with Gasteiger partial charge in [0.2, 0.25) is 0 Å². The molecule has 0 aromatic rings. The van der Waals surface area contributed by atoms with Crippen LogP contribution in [0, 0.1) is 0 Å². The molecule has 0 aliphatic carbocycles. The predicted molar refractivity (Wildman–Crippen MR) is 154 cm³/mol. The summed E-state index contributed by atoms with van der Waals surface area (Å²) in [5.41, 5.74) is 3.38. The van der Waals surface area contributed by atoms with Crippen molar-refractivity contribution >= 4 is 0 Å². The van der Waals surface area contributed by atoms with Crippen LogP contribution in [-0.2, 0) is 0 Å². The van der Waals surface area contributed by atoms with Crippen LogP contribution in [0.2, 0.25) is 0 Å². The van der Waals surface area contributed by atoms with E-state index in [9.17, 15) is 0 Å². The van der Waals surface area contributed by atoms with Gasteiger partial charge in [-0.15, -0.1) is 0 Å². The van der Waals surface area contributed by atoms with Crippen LogP contribution >= 0.6 is 0 Å². The number of rotatable bonds is 27. The first-order chi connectivity index (χ1) is 16.2. The molecule has 0 spiro atoms. The second-order valence-electron chi connectivity index (χ2n) is 11.2. The summed E-state index contributed by atoms with van der Waals surface area (Å²) in [7, 11) is 0. The molecule has 0 aromatic carbocycles. The third kappa shape index (κ3) is 26.2. The van der Waals surface area contributed by atoms with Crippen LogP contribution < -0.4 is 0 Å². The highest BCUT2D eigenvalue weighted by atomic mass is 14.1. The average Bonchev–Trinajstić information content (AvgIpc) is 2.82. The molecule has 0 heteroatoms. The molecule has 0 nitrogen and oxygen atoms in total. The molecule has 0 aliphatic heterocycles. The molecule has 0 radical (unpaired) electrons. The Hall–Kier alpha value is -0.260. The zero-order valence-electron chi connectivity index (χ0n) is 24.1. The van der Waals surface area contributed by atoms with Crippen molar-refractivity contribution in [2.45, 2.75) is 201 Å². The monoisotopic (exact) mass is 463 g/mol. The maximum absolute atomic E-state index is 2.39. The maximum Gasteiger partial charge on any atom is -0.0320 e. The second-order valence-corrected chi connectivity index (χ2v) is 11.2. The minimum absolute atomic E-state index is 1.34. The molecular weight excluding hydrogens is 396 g/mol. The van der Waals surface area contributed by atoms with E-state index in [1.54, 1.807) is 11.1 Å². The SMILES string of the molecule is CCCCCCCCCCCCCCCCCCCCCC(C)=C(C)CCCCCCCC. The molecule has 0 fully saturated rings. The summed E-state index contributed by atoms with van der Waals surface area (Å²) in [5.74, 6) is 0. The third-order valence-electron chi connectivity index (χ3n) is 7.79. The van der Waals surface area contributed by atoms with E-state index in [-0.39, 0.29) is 0 Å². The quantitative estimate of drug-likeness (QED) is 0.0840. The van der Waals surface area contributed by atoms with Crippen molar-refractivity contribution < 1.29 is 0 Å². The smallest absolute Gasteiger partial charge is 0.0320 e. The van der Waals surface area contributed by atoms with Crippen LogP contribution in [0.3, 0.4) is 0 Å². The Bertz CT molecular complexity index is 391. The van der Waals surface area contributed by atoms with Crippen molar-refractivity contribution in [2.75, 3.05) is 0 Å². The van der Waals surface area contributed by atoms with Gasteiger partial charge in [-0.25, -0.2) is 0 Å². The highest BCUT2D eigenvalue weighted by molar-refractivity contribution is 5.09. The molecule has 0 aliphatic rings. The van der Waals surface area contributed by atoms with Gasteiger partial charge in [0, 0.05) is 0 Å². The van der Waals surface area contributed by atoms with Crippen molar-refractivity contribution in [3.05, 3.63) is 11.1 Å². The topological polar surface area (TPSA) is 0 Å². The average molecular weight is 463 g/mol. The summed E-state index contributed by atoms with van der Waals surface area (Å²) in [6.07, 6.45) is 39.1. The third-order valence-corrected chi connectivity index (χ3v) is 7.79. The molecular formula is C33H66. The van der Waals surface area contributed by atoms with Gasteiger partial charge in [0.1, 0.15) is 0 Å². The maximum atomic E-state index is 2.39. The molecule has 0 aromatic heterocycles. The highest BCUT2D eigenvalue weighted by Gasteiger charge is 2.00. The van der Waals surface area contributed by atoms with Gasteiger partial charge < -0.3 is 0 Å². The van der Waals surface area contributed by atoms with Gasteiger partial charge in [0.05, 0.1) is 0 Å². The Kier molecular flexibility index (Phi) is 27.8. The van der Waals surface area contributed by atoms with Gasteiger partial charge >= 0.3 is 0 Å². The minimum atomic E-state index is 1.34. The lowest BCUT2D eigenvalue weighted by atomic mass is 9.98. The van der Waals surface area contributed by atoms with E-state index in [1.807, 2.05) is 0 Å². The number of allylic oxidation sites excluding steroid dienone is 2. The van der Waals surface area contributed by atoms with Crippen molar-refractivity contribution in [1.82, 2.24) is 0 Å². The largest absolute Gasteiger partial charge is 0.0744 e. The predicted octanol–water partition coefficient (Wildman–Crippen LogP) is 12.9. The summed E-state index contributed by atoms with van der Waals surface area (Å²) < 4.78 is 0. The summed E-state index contributed by atoms with van der Waals surface area (Å²) in [6.45, 7) is 9.38. The van der Waals surface area contributed by atoms with Crippen LogP contribution in [0.25, 0.3) is 0 Å². The Morgan fingerprint density at radius 3 is 0.667 bits per heavy atom. The van der Waals surface area contributed by atoms with Crippen LogP contribution in [0.4, 0.5) is 0 Å². The van der Waals surface area contributed by atoms with Gasteiger partial charge in [-0.05, 0) is 39.5 Å². The Morgan fingerprint density at radius 2 is 0.455 bits per heavy atom. The first kappa shape index (κ1) is 32.7. The zero-order valence-corrected chi connectivity index (χ0v) is 24.1. The Morgan fingerprint density at radius 1 is 0.273 bits per heavy atom. The van der Waals surface area contributed by atoms with E-state index in [1.165, 1.54) is 173 Å². The molecule has 0 bridgehead atoms. The van der Waals surface area contributed by atoms with Crippen molar-refractivity contribution in [3.63, 3.8) is 0 Å². The molecule has 0 rings (SSSR count). The number of unbranched alkanes of at least 4 members (excludes halogenated alkanes) is 23. The lowest BCUT2D eigenvalue weighted by Gasteiger charge is -2.08. The van der Waals surface area contributed by atoms with E-state index in [4.69, 9.17) is 0 Å². The first-order valence-electron chi connectivity index (χ1n) is 15.9. The summed E-state index contributed by atoms with van der Waals surface area (Å²) >= 11 is 0. The molecule has 0 heterocycles. The Balaban J connectivity index is 3.28. The van der Waals surface area contributed by atoms with Gasteiger partial charge in [-0.1, -0.05) is 173 Å². The zero-order chi connectivity index (χ0) is 24.2. The molecule has 0 N–H and O–H groups in total. The molecule has 0 saturated carbocycles. The van der Waals surface area contributed by atoms with E-state index >= 15 is 0 Å². The van der Waals surface area contributed by atoms with Gasteiger partial charge in [-0.2, -0.15) is 0 Å². The lowest BCUT2D eigenvalue weighted by Crippen LogP contribution is -1.88. The summed E-state index contributed by atoms with van der Waals surface area (Å²) in [4.78, 5) is 0. The fourth-order valence-corrected chi connectivity index (χ4v) is 5.07. The molecule has 33 heavy (non-hydrogen) atoms. The molecule has 0 amide bonds. The standard InChI is InChI=1S/C33H66/c1-5-7-9-11-13-14-15-16-17-18-19-20-21-22-23-24-25-27-29-31-33(4)32(3)30-28-26-12-10-8-6-2/h5-31H2,1-4H3. The minimum Gasteiger partial charge on any atom is -0.0744 e. The van der Waals surface area contributed by atoms with Gasteiger partial charge in [0.15, 0.2) is 0 Å². The molecule has 198 valence electrons. The fourth-order valence-electron chi connectivity index (χ4n) is 5.07. The van der Waals surface area contributed by atoms with Crippen molar-refractivity contribution in [3.8, 4) is 0 Å². The van der Waals surface area contributed by atoms with Crippen LogP contribution in [0.5, 0.6) is 0 Å². The van der Waals surface area contributed by atoms with Crippen LogP contribution in [-0.4, -0.2) is 0 Å². The highest BCUT2D eigenvalue weighted by Crippen LogP contribution is 2.20. The fraction of sp³-hybridized carbons (Fsp3) is 0.939. The Labute approximate surface area is 212 Å². The van der Waals surface area contributed by atoms with Gasteiger partial charge in [-0.3, -0.25) is 0 Å². The van der Waals surface area contributed by atoms with E-state index in [2.05, 4.69) is 27.7 Å². The van der Waals surface area contributed by atoms with Crippen LogP contribution in [0.1, 0.15) is 201 Å². The second kappa shape index (κ2) is 28.0. The first-order valence-corrected chi connectivity index (χ1v) is 15.9. The van der Waals surface area contributed by atoms with Gasteiger partial charge in [0.25, 0.3) is 0 Å². The molecule has 0 unspecified atom stereocenters. The molecule has 0 atom stereocenters. The molecule has 0 saturated heterocycles. The van der Waals surface area contributed by atoms with E-state index in [0.717, 1.165) is 0 Å². The van der Waals surface area contributed by atoms with E-state index in [0.29, 0.717) is 0 Å². The van der Waals surface area contributed by atoms with Crippen molar-refractivity contribution in [2.24, 2.45) is 0 Å². The summed E-state index contributed by atoms with van der Waals surface area (Å²) in [5, 5.41) is 0. The van der Waals surface area contributed by atoms with Crippen molar-refractivity contribution in [1.29, 1.82) is 0 Å². The van der Waals surface area contributed by atoms with Crippen LogP contribution in [0.15, 0.2) is 11.1 Å². The van der Waals surface area contributed by atoms with E-state index < -0.39 is 0 Å².